The lowest BCUT2D eigenvalue weighted by atomic mass is 10.0. The van der Waals surface area contributed by atoms with Gasteiger partial charge in [0.2, 0.25) is 0 Å². The SMILES string of the molecule is CCCCC/C=C\C/C=C\CCCCCCCCCC(=O)OC[C@H](COC(=O)CCCCCCCCCCCCCCCCCCCCCCC)OC(=O)CCC/C=C\C/C=C\C/C=C\CCCCCCCC. The third kappa shape index (κ3) is 59.9. The Hall–Kier alpha value is -2.89. The molecule has 0 fully saturated rings. The van der Waals surface area contributed by atoms with Crippen molar-refractivity contribution in [1.29, 1.82) is 0 Å². The zero-order chi connectivity index (χ0) is 52.9. The van der Waals surface area contributed by atoms with Crippen LogP contribution in [0.4, 0.5) is 0 Å². The molecule has 1 atom stereocenters. The van der Waals surface area contributed by atoms with Crippen molar-refractivity contribution in [2.24, 2.45) is 0 Å². The van der Waals surface area contributed by atoms with Crippen LogP contribution in [0.5, 0.6) is 0 Å². The van der Waals surface area contributed by atoms with E-state index in [0.29, 0.717) is 19.3 Å². The summed E-state index contributed by atoms with van der Waals surface area (Å²) >= 11 is 0. The van der Waals surface area contributed by atoms with Gasteiger partial charge in [-0.3, -0.25) is 14.4 Å². The first-order chi connectivity index (χ1) is 36.0. The molecule has 0 aromatic heterocycles. The Bertz CT molecular complexity index is 1310. The van der Waals surface area contributed by atoms with Gasteiger partial charge in [0.25, 0.3) is 0 Å². The van der Waals surface area contributed by atoms with E-state index in [1.165, 1.54) is 212 Å². The van der Waals surface area contributed by atoms with E-state index in [4.69, 9.17) is 14.2 Å². The lowest BCUT2D eigenvalue weighted by molar-refractivity contribution is -0.167. The number of rotatable bonds is 58. The minimum Gasteiger partial charge on any atom is -0.462 e. The molecule has 73 heavy (non-hydrogen) atoms. The summed E-state index contributed by atoms with van der Waals surface area (Å²) in [5.41, 5.74) is 0. The predicted molar refractivity (Wildman–Crippen MR) is 316 cm³/mol. The van der Waals surface area contributed by atoms with E-state index >= 15 is 0 Å². The normalized spacial score (nSPS) is 12.4. The summed E-state index contributed by atoms with van der Waals surface area (Å²) in [6.07, 6.45) is 78.0. The summed E-state index contributed by atoms with van der Waals surface area (Å²) < 4.78 is 16.9. The Morgan fingerprint density at radius 2 is 0.507 bits per heavy atom. The minimum absolute atomic E-state index is 0.0937. The fourth-order valence-electron chi connectivity index (χ4n) is 9.20. The van der Waals surface area contributed by atoms with Crippen molar-refractivity contribution in [3.8, 4) is 0 Å². The molecule has 0 aromatic carbocycles. The van der Waals surface area contributed by atoms with Crippen LogP contribution in [0.15, 0.2) is 60.8 Å². The third-order valence-electron chi connectivity index (χ3n) is 14.0. The molecule has 0 spiro atoms. The molecule has 0 aromatic rings. The highest BCUT2D eigenvalue weighted by Crippen LogP contribution is 2.17. The molecule has 6 heteroatoms. The van der Waals surface area contributed by atoms with Gasteiger partial charge >= 0.3 is 17.9 Å². The second-order valence-electron chi connectivity index (χ2n) is 21.3. The average molecular weight is 1020 g/mol. The molecule has 424 valence electrons. The number of hydrogen-bond acceptors (Lipinski definition) is 6. The van der Waals surface area contributed by atoms with Crippen molar-refractivity contribution in [3.63, 3.8) is 0 Å². The molecule has 0 heterocycles. The Labute approximate surface area is 453 Å². The fourth-order valence-corrected chi connectivity index (χ4v) is 9.20. The summed E-state index contributed by atoms with van der Waals surface area (Å²) in [4.78, 5) is 38.3. The first kappa shape index (κ1) is 70.1. The van der Waals surface area contributed by atoms with Crippen LogP contribution in [0.1, 0.15) is 329 Å². The molecule has 0 unspecified atom stereocenters. The highest BCUT2D eigenvalue weighted by molar-refractivity contribution is 5.71. The Balaban J connectivity index is 4.40. The van der Waals surface area contributed by atoms with E-state index in [1.807, 2.05) is 0 Å². The first-order valence-electron chi connectivity index (χ1n) is 31.8. The number of carbonyl (C=O) groups excluding carboxylic acids is 3. The second-order valence-corrected chi connectivity index (χ2v) is 21.3. The van der Waals surface area contributed by atoms with Crippen LogP contribution in [0.3, 0.4) is 0 Å². The number of carbonyl (C=O) groups is 3. The molecule has 0 N–H and O–H groups in total. The van der Waals surface area contributed by atoms with Gasteiger partial charge in [0, 0.05) is 19.3 Å². The van der Waals surface area contributed by atoms with Crippen LogP contribution in [0.25, 0.3) is 0 Å². The topological polar surface area (TPSA) is 78.9 Å². The largest absolute Gasteiger partial charge is 0.462 e. The van der Waals surface area contributed by atoms with Gasteiger partial charge in [-0.15, -0.1) is 0 Å². The standard InChI is InChI=1S/C67H120O6/c1-4-7-10-13-16-19-22-25-28-31-32-33-34-37-39-42-45-48-51-54-57-60-66(69)72-63-64(73-67(70)61-58-55-52-49-46-43-40-36-30-27-24-21-18-15-12-9-6-3)62-71-65(68)59-56-53-50-47-44-41-38-35-29-26-23-20-17-14-11-8-5-2/h17,20,26-27,29-30,40,43,49,52,64H,4-16,18-19,21-25,28,31-39,41-42,44-48,50-51,53-63H2,1-3H3/b20-17-,29-26-,30-27-,43-40-,52-49-/t64-/m1/s1. The lowest BCUT2D eigenvalue weighted by Gasteiger charge is -2.18. The van der Waals surface area contributed by atoms with Gasteiger partial charge in [0.05, 0.1) is 0 Å². The number of ether oxygens (including phenoxy) is 3. The van der Waals surface area contributed by atoms with Crippen molar-refractivity contribution in [2.45, 2.75) is 335 Å². The number of esters is 3. The average Bonchev–Trinajstić information content (AvgIpc) is 3.39. The molecule has 0 bridgehead atoms. The van der Waals surface area contributed by atoms with Crippen molar-refractivity contribution < 1.29 is 28.6 Å². The van der Waals surface area contributed by atoms with Crippen LogP contribution in [-0.4, -0.2) is 37.2 Å². The van der Waals surface area contributed by atoms with Gasteiger partial charge in [-0.25, -0.2) is 0 Å². The minimum atomic E-state index is -0.803. The van der Waals surface area contributed by atoms with Crippen LogP contribution >= 0.6 is 0 Å². The molecule has 0 aliphatic carbocycles. The first-order valence-corrected chi connectivity index (χ1v) is 31.8. The lowest BCUT2D eigenvalue weighted by Crippen LogP contribution is -2.30. The third-order valence-corrected chi connectivity index (χ3v) is 14.0. The zero-order valence-electron chi connectivity index (χ0n) is 48.7. The maximum Gasteiger partial charge on any atom is 0.306 e. The fraction of sp³-hybridized carbons (Fsp3) is 0.806. The predicted octanol–water partition coefficient (Wildman–Crippen LogP) is 21.6. The molecule has 0 saturated carbocycles. The van der Waals surface area contributed by atoms with Crippen molar-refractivity contribution in [2.75, 3.05) is 13.2 Å². The van der Waals surface area contributed by atoms with Gasteiger partial charge < -0.3 is 14.2 Å². The van der Waals surface area contributed by atoms with E-state index in [0.717, 1.165) is 70.6 Å². The molecule has 0 aliphatic heterocycles. The van der Waals surface area contributed by atoms with Crippen molar-refractivity contribution >= 4 is 17.9 Å². The molecule has 0 amide bonds. The quantitative estimate of drug-likeness (QED) is 0.0261. The number of unbranched alkanes of at least 4 members (excludes halogenated alkanes) is 37. The number of hydrogen-bond donors (Lipinski definition) is 0. The second kappa shape index (κ2) is 61.7. The smallest absolute Gasteiger partial charge is 0.306 e. The van der Waals surface area contributed by atoms with Gasteiger partial charge in [-0.2, -0.15) is 0 Å². The van der Waals surface area contributed by atoms with Crippen LogP contribution < -0.4 is 0 Å². The van der Waals surface area contributed by atoms with E-state index in [1.54, 1.807) is 0 Å². The summed E-state index contributed by atoms with van der Waals surface area (Å²) in [5.74, 6) is -0.937. The van der Waals surface area contributed by atoms with E-state index in [2.05, 4.69) is 81.5 Å². The molecule has 0 saturated heterocycles. The van der Waals surface area contributed by atoms with E-state index in [9.17, 15) is 14.4 Å². The molecule has 0 radical (unpaired) electrons. The Morgan fingerprint density at radius 3 is 0.836 bits per heavy atom. The molecular weight excluding hydrogens is 901 g/mol. The van der Waals surface area contributed by atoms with Gasteiger partial charge in [0.1, 0.15) is 13.2 Å². The van der Waals surface area contributed by atoms with Gasteiger partial charge in [-0.1, -0.05) is 287 Å². The van der Waals surface area contributed by atoms with Crippen LogP contribution in [-0.2, 0) is 28.6 Å². The molecular formula is C67H120O6. The van der Waals surface area contributed by atoms with Crippen LogP contribution in [0, 0.1) is 0 Å². The maximum absolute atomic E-state index is 12.9. The summed E-state index contributed by atoms with van der Waals surface area (Å²) in [5, 5.41) is 0. The molecule has 6 nitrogen and oxygen atoms in total. The van der Waals surface area contributed by atoms with Crippen molar-refractivity contribution in [1.82, 2.24) is 0 Å². The van der Waals surface area contributed by atoms with Crippen LogP contribution in [0.2, 0.25) is 0 Å². The summed E-state index contributed by atoms with van der Waals surface area (Å²) in [6, 6.07) is 0. The summed E-state index contributed by atoms with van der Waals surface area (Å²) in [6.45, 7) is 6.61. The zero-order valence-corrected chi connectivity index (χ0v) is 48.7. The monoisotopic (exact) mass is 1020 g/mol. The van der Waals surface area contributed by atoms with E-state index < -0.39 is 6.10 Å². The van der Waals surface area contributed by atoms with Gasteiger partial charge in [-0.05, 0) is 83.5 Å². The number of allylic oxidation sites excluding steroid dienone is 10. The van der Waals surface area contributed by atoms with Crippen molar-refractivity contribution in [3.05, 3.63) is 60.8 Å². The highest BCUT2D eigenvalue weighted by Gasteiger charge is 2.19. The maximum atomic E-state index is 12.9. The molecule has 0 rings (SSSR count). The van der Waals surface area contributed by atoms with E-state index in [-0.39, 0.29) is 37.5 Å². The molecule has 0 aliphatic rings. The van der Waals surface area contributed by atoms with Gasteiger partial charge in [0.15, 0.2) is 6.10 Å². The summed E-state index contributed by atoms with van der Waals surface area (Å²) in [7, 11) is 0. The highest BCUT2D eigenvalue weighted by atomic mass is 16.6. The Morgan fingerprint density at radius 1 is 0.274 bits per heavy atom. The Kier molecular flexibility index (Phi) is 59.2.